The third kappa shape index (κ3) is 4.73. The van der Waals surface area contributed by atoms with Crippen LogP contribution in [0.15, 0.2) is 18.3 Å². The Balaban J connectivity index is 2.65. The number of nitrogens with zero attached hydrogens (tertiary/aromatic N) is 2. The third-order valence-corrected chi connectivity index (χ3v) is 2.95. The lowest BCUT2D eigenvalue weighted by molar-refractivity contribution is 0.676. The summed E-state index contributed by atoms with van der Waals surface area (Å²) in [7, 11) is 0. The van der Waals surface area contributed by atoms with Gasteiger partial charge in [0.05, 0.1) is 17.6 Å². The number of nitrogens with two attached hydrogens (primary N) is 1. The zero-order chi connectivity index (χ0) is 12.5. The average molecular weight is 235 g/mol. The van der Waals surface area contributed by atoms with Crippen molar-refractivity contribution in [1.29, 1.82) is 0 Å². The average Bonchev–Trinajstić information content (AvgIpc) is 2.39. The largest absolute Gasteiger partial charge is 0.370 e. The molecule has 1 aromatic rings. The van der Waals surface area contributed by atoms with Crippen molar-refractivity contribution < 1.29 is 0 Å². The zero-order valence-electron chi connectivity index (χ0n) is 11.2. The molecule has 0 aliphatic heterocycles. The van der Waals surface area contributed by atoms with E-state index in [4.69, 9.17) is 5.73 Å². The maximum Gasteiger partial charge on any atom is 0.0552 e. The molecule has 0 radical (unpaired) electrons. The van der Waals surface area contributed by atoms with E-state index in [0.717, 1.165) is 18.8 Å². The van der Waals surface area contributed by atoms with Crippen molar-refractivity contribution in [3.05, 3.63) is 24.0 Å². The minimum absolute atomic E-state index is 0.518. The summed E-state index contributed by atoms with van der Waals surface area (Å²) in [5.74, 6) is 0. The van der Waals surface area contributed by atoms with Gasteiger partial charge in [0, 0.05) is 19.6 Å². The normalized spacial score (nSPS) is 10.5. The van der Waals surface area contributed by atoms with Gasteiger partial charge in [0.1, 0.15) is 0 Å². The van der Waals surface area contributed by atoms with E-state index in [1.807, 2.05) is 12.3 Å². The zero-order valence-corrected chi connectivity index (χ0v) is 11.2. The van der Waals surface area contributed by atoms with Crippen LogP contribution in [0.2, 0.25) is 0 Å². The molecule has 0 fully saturated rings. The molecule has 0 aliphatic rings. The molecular weight excluding hydrogens is 210 g/mol. The Morgan fingerprint density at radius 1 is 1.12 bits per heavy atom. The van der Waals surface area contributed by atoms with Crippen LogP contribution >= 0.6 is 0 Å². The molecule has 3 nitrogen and oxygen atoms in total. The number of hydrogen-bond acceptors (Lipinski definition) is 3. The lowest BCUT2D eigenvalue weighted by atomic mass is 10.2. The van der Waals surface area contributed by atoms with Crippen LogP contribution in [-0.2, 0) is 6.54 Å². The summed E-state index contributed by atoms with van der Waals surface area (Å²) in [6, 6.07) is 4.17. The van der Waals surface area contributed by atoms with Crippen LogP contribution in [0.1, 0.15) is 45.2 Å². The van der Waals surface area contributed by atoms with Crippen LogP contribution < -0.4 is 10.6 Å². The molecule has 0 amide bonds. The molecular formula is C14H25N3. The second-order valence-electron chi connectivity index (χ2n) is 4.41. The van der Waals surface area contributed by atoms with Crippen molar-refractivity contribution in [3.8, 4) is 0 Å². The summed E-state index contributed by atoms with van der Waals surface area (Å²) in [6.07, 6.45) is 6.89. The third-order valence-electron chi connectivity index (χ3n) is 2.95. The first-order chi connectivity index (χ1) is 8.31. The van der Waals surface area contributed by atoms with Crippen molar-refractivity contribution in [2.75, 3.05) is 18.0 Å². The second-order valence-corrected chi connectivity index (χ2v) is 4.41. The van der Waals surface area contributed by atoms with E-state index in [1.165, 1.54) is 31.4 Å². The fourth-order valence-electron chi connectivity index (χ4n) is 1.79. The molecule has 0 aromatic carbocycles. The topological polar surface area (TPSA) is 42.1 Å². The van der Waals surface area contributed by atoms with E-state index in [2.05, 4.69) is 29.8 Å². The van der Waals surface area contributed by atoms with E-state index in [1.54, 1.807) is 0 Å². The van der Waals surface area contributed by atoms with Crippen molar-refractivity contribution in [2.45, 2.75) is 46.1 Å². The summed E-state index contributed by atoms with van der Waals surface area (Å²) in [6.45, 7) is 7.23. The maximum absolute atomic E-state index is 5.56. The first-order valence-corrected chi connectivity index (χ1v) is 6.71. The van der Waals surface area contributed by atoms with Crippen LogP contribution in [0.3, 0.4) is 0 Å². The standard InChI is InChI=1S/C14H25N3/c1-3-5-9-17(10-6-4-2)14-8-7-13(11-15)16-12-14/h7-8,12H,3-6,9-11,15H2,1-2H3. The molecule has 0 atom stereocenters. The highest BCUT2D eigenvalue weighted by Gasteiger charge is 2.05. The van der Waals surface area contributed by atoms with Crippen molar-refractivity contribution >= 4 is 5.69 Å². The second kappa shape index (κ2) is 8.07. The number of hydrogen-bond donors (Lipinski definition) is 1. The van der Waals surface area contributed by atoms with E-state index < -0.39 is 0 Å². The first-order valence-electron chi connectivity index (χ1n) is 6.71. The van der Waals surface area contributed by atoms with E-state index >= 15 is 0 Å². The van der Waals surface area contributed by atoms with Gasteiger partial charge in [0.25, 0.3) is 0 Å². The Bertz CT molecular complexity index is 287. The summed E-state index contributed by atoms with van der Waals surface area (Å²) in [4.78, 5) is 6.80. The van der Waals surface area contributed by atoms with Gasteiger partial charge in [-0.2, -0.15) is 0 Å². The number of aromatic nitrogens is 1. The van der Waals surface area contributed by atoms with Crippen molar-refractivity contribution in [3.63, 3.8) is 0 Å². The van der Waals surface area contributed by atoms with Gasteiger partial charge in [-0.1, -0.05) is 26.7 Å². The molecule has 0 aliphatic carbocycles. The van der Waals surface area contributed by atoms with Crippen LogP contribution in [-0.4, -0.2) is 18.1 Å². The number of pyridine rings is 1. The molecule has 17 heavy (non-hydrogen) atoms. The molecule has 0 unspecified atom stereocenters. The minimum atomic E-state index is 0.518. The predicted octanol–water partition coefficient (Wildman–Crippen LogP) is 2.95. The summed E-state index contributed by atoms with van der Waals surface area (Å²) in [5.41, 5.74) is 7.74. The van der Waals surface area contributed by atoms with Crippen LogP contribution in [0.4, 0.5) is 5.69 Å². The molecule has 1 rings (SSSR count). The first kappa shape index (κ1) is 14.0. The fourth-order valence-corrected chi connectivity index (χ4v) is 1.79. The highest BCUT2D eigenvalue weighted by molar-refractivity contribution is 5.44. The summed E-state index contributed by atoms with van der Waals surface area (Å²) < 4.78 is 0. The van der Waals surface area contributed by atoms with Gasteiger partial charge in [0.2, 0.25) is 0 Å². The van der Waals surface area contributed by atoms with Crippen molar-refractivity contribution in [2.24, 2.45) is 5.73 Å². The quantitative estimate of drug-likeness (QED) is 0.753. The molecule has 2 N–H and O–H groups in total. The maximum atomic E-state index is 5.56. The van der Waals surface area contributed by atoms with Crippen molar-refractivity contribution in [1.82, 2.24) is 4.98 Å². The highest BCUT2D eigenvalue weighted by atomic mass is 15.1. The van der Waals surface area contributed by atoms with E-state index in [0.29, 0.717) is 6.54 Å². The Morgan fingerprint density at radius 2 is 1.76 bits per heavy atom. The molecule has 3 heteroatoms. The van der Waals surface area contributed by atoms with E-state index in [-0.39, 0.29) is 0 Å². The van der Waals surface area contributed by atoms with Crippen LogP contribution in [0.25, 0.3) is 0 Å². The molecule has 1 aromatic heterocycles. The number of unbranched alkanes of at least 4 members (excludes halogenated alkanes) is 2. The monoisotopic (exact) mass is 235 g/mol. The molecule has 0 saturated carbocycles. The van der Waals surface area contributed by atoms with Gasteiger partial charge < -0.3 is 10.6 Å². The van der Waals surface area contributed by atoms with Gasteiger partial charge in [-0.3, -0.25) is 4.98 Å². The van der Waals surface area contributed by atoms with Crippen LogP contribution in [0.5, 0.6) is 0 Å². The molecule has 1 heterocycles. The molecule has 0 saturated heterocycles. The lowest BCUT2D eigenvalue weighted by Gasteiger charge is -2.24. The van der Waals surface area contributed by atoms with Gasteiger partial charge in [-0.05, 0) is 25.0 Å². The van der Waals surface area contributed by atoms with Gasteiger partial charge >= 0.3 is 0 Å². The van der Waals surface area contributed by atoms with Gasteiger partial charge in [-0.25, -0.2) is 0 Å². The molecule has 96 valence electrons. The van der Waals surface area contributed by atoms with E-state index in [9.17, 15) is 0 Å². The lowest BCUT2D eigenvalue weighted by Crippen LogP contribution is -2.25. The minimum Gasteiger partial charge on any atom is -0.370 e. The van der Waals surface area contributed by atoms with Crippen LogP contribution in [0, 0.1) is 0 Å². The number of rotatable bonds is 8. The highest BCUT2D eigenvalue weighted by Crippen LogP contribution is 2.15. The Labute approximate surface area is 105 Å². The molecule has 0 bridgehead atoms. The fraction of sp³-hybridized carbons (Fsp3) is 0.643. The predicted molar refractivity (Wildman–Crippen MR) is 74.2 cm³/mol. The number of anilines is 1. The Kier molecular flexibility index (Phi) is 6.63. The summed E-state index contributed by atoms with van der Waals surface area (Å²) in [5, 5.41) is 0. The van der Waals surface area contributed by atoms with Gasteiger partial charge in [0.15, 0.2) is 0 Å². The van der Waals surface area contributed by atoms with Gasteiger partial charge in [-0.15, -0.1) is 0 Å². The Hall–Kier alpha value is -1.09. The SMILES string of the molecule is CCCCN(CCCC)c1ccc(CN)nc1. The molecule has 0 spiro atoms. The smallest absolute Gasteiger partial charge is 0.0552 e. The Morgan fingerprint density at radius 3 is 2.18 bits per heavy atom. The summed E-state index contributed by atoms with van der Waals surface area (Å²) >= 11 is 0.